The van der Waals surface area contributed by atoms with Crippen LogP contribution in [-0.4, -0.2) is 49.0 Å². The molecule has 2 atom stereocenters. The molecule has 118 valence electrons. The van der Waals surface area contributed by atoms with E-state index in [1.165, 1.54) is 0 Å². The average molecular weight is 313 g/mol. The van der Waals surface area contributed by atoms with Crippen molar-refractivity contribution in [3.63, 3.8) is 0 Å². The van der Waals surface area contributed by atoms with Gasteiger partial charge in [-0.25, -0.2) is 8.42 Å². The zero-order valence-corrected chi connectivity index (χ0v) is 13.3. The highest BCUT2D eigenvalue weighted by molar-refractivity contribution is 7.89. The van der Waals surface area contributed by atoms with Gasteiger partial charge in [0, 0.05) is 37.6 Å². The second-order valence-corrected chi connectivity index (χ2v) is 8.11. The highest BCUT2D eigenvalue weighted by Gasteiger charge is 2.39. The summed E-state index contributed by atoms with van der Waals surface area (Å²) in [5.74, 6) is 0. The van der Waals surface area contributed by atoms with Crippen molar-refractivity contribution in [2.45, 2.75) is 56.4 Å². The third-order valence-electron chi connectivity index (χ3n) is 4.06. The Hall–Kier alpha value is -0.890. The number of sulfonamides is 1. The summed E-state index contributed by atoms with van der Waals surface area (Å²) in [6.45, 7) is 5.71. The van der Waals surface area contributed by atoms with Gasteiger partial charge in [-0.3, -0.25) is 0 Å². The lowest BCUT2D eigenvalue weighted by atomic mass is 10.2. The van der Waals surface area contributed by atoms with E-state index in [0.29, 0.717) is 30.6 Å². The quantitative estimate of drug-likeness (QED) is 0.852. The van der Waals surface area contributed by atoms with E-state index in [0.717, 1.165) is 18.5 Å². The maximum atomic E-state index is 12.7. The van der Waals surface area contributed by atoms with Crippen LogP contribution >= 0.6 is 0 Å². The van der Waals surface area contributed by atoms with E-state index in [-0.39, 0.29) is 12.2 Å². The molecule has 0 spiro atoms. The first-order valence-corrected chi connectivity index (χ1v) is 8.95. The average Bonchev–Trinajstić information content (AvgIpc) is 3.03. The van der Waals surface area contributed by atoms with Gasteiger partial charge in [-0.05, 0) is 18.9 Å². The lowest BCUT2D eigenvalue weighted by Crippen LogP contribution is -2.45. The van der Waals surface area contributed by atoms with E-state index in [2.05, 4.69) is 24.1 Å². The second-order valence-electron chi connectivity index (χ2n) is 6.18. The summed E-state index contributed by atoms with van der Waals surface area (Å²) in [4.78, 5) is 3.40. The van der Waals surface area contributed by atoms with Crippen LogP contribution in [0.15, 0.2) is 17.2 Å². The fourth-order valence-electron chi connectivity index (χ4n) is 2.91. The summed E-state index contributed by atoms with van der Waals surface area (Å²) >= 11 is 0. The second kappa shape index (κ2) is 5.72. The lowest BCUT2D eigenvalue weighted by molar-refractivity contribution is -0.0114. The minimum atomic E-state index is -3.41. The Morgan fingerprint density at radius 2 is 2.05 bits per heavy atom. The van der Waals surface area contributed by atoms with Crippen molar-refractivity contribution in [1.82, 2.24) is 14.6 Å². The van der Waals surface area contributed by atoms with E-state index >= 15 is 0 Å². The molecule has 1 aromatic heterocycles. The van der Waals surface area contributed by atoms with Crippen LogP contribution < -0.4 is 5.32 Å². The summed E-state index contributed by atoms with van der Waals surface area (Å²) in [5.41, 5.74) is 0.888. The smallest absolute Gasteiger partial charge is 0.244 e. The minimum absolute atomic E-state index is 0.0690. The molecule has 3 rings (SSSR count). The zero-order valence-electron chi connectivity index (χ0n) is 12.5. The molecule has 0 amide bonds. The Bertz CT molecular complexity index is 584. The Balaban J connectivity index is 1.73. The molecule has 2 N–H and O–H groups in total. The van der Waals surface area contributed by atoms with Gasteiger partial charge in [0.05, 0.1) is 17.1 Å². The van der Waals surface area contributed by atoms with Crippen LogP contribution in [0.1, 0.15) is 32.4 Å². The maximum absolute atomic E-state index is 12.7. The molecule has 6 nitrogen and oxygen atoms in total. The van der Waals surface area contributed by atoms with Crippen molar-refractivity contribution >= 4 is 10.0 Å². The van der Waals surface area contributed by atoms with Gasteiger partial charge in [0.25, 0.3) is 0 Å². The van der Waals surface area contributed by atoms with Gasteiger partial charge in [0.15, 0.2) is 0 Å². The predicted octanol–water partition coefficient (Wildman–Crippen LogP) is 1.06. The molecule has 0 saturated carbocycles. The van der Waals surface area contributed by atoms with Gasteiger partial charge >= 0.3 is 0 Å². The number of nitrogens with zero attached hydrogens (tertiary/aromatic N) is 1. The van der Waals surface area contributed by atoms with Crippen LogP contribution in [0, 0.1) is 0 Å². The number of nitrogens with one attached hydrogen (secondary N) is 2. The Kier molecular flexibility index (Phi) is 4.09. The number of aromatic amines is 1. The fraction of sp³-hybridized carbons (Fsp3) is 0.714. The number of H-pyrrole nitrogens is 1. The van der Waals surface area contributed by atoms with Gasteiger partial charge in [-0.1, -0.05) is 13.8 Å². The first-order valence-electron chi connectivity index (χ1n) is 7.51. The number of fused-ring (bicyclic) bond motifs is 2. The first-order chi connectivity index (χ1) is 9.95. The molecular formula is C14H23N3O3S. The largest absolute Gasteiger partial charge is 0.372 e. The SMILES string of the molecule is CC(C)NCc1cc(S(=O)(=O)N2CC3CCC(C2)O3)c[nH]1. The van der Waals surface area contributed by atoms with Gasteiger partial charge < -0.3 is 15.0 Å². The molecule has 2 saturated heterocycles. The van der Waals surface area contributed by atoms with Gasteiger partial charge in [-0.2, -0.15) is 4.31 Å². The molecule has 2 aliphatic rings. The Labute approximate surface area is 125 Å². The summed E-state index contributed by atoms with van der Waals surface area (Å²) in [6.07, 6.45) is 3.66. The molecule has 0 aromatic carbocycles. The molecule has 0 aliphatic carbocycles. The number of hydrogen-bond donors (Lipinski definition) is 2. The fourth-order valence-corrected chi connectivity index (χ4v) is 4.43. The van der Waals surface area contributed by atoms with E-state index < -0.39 is 10.0 Å². The molecule has 1 aromatic rings. The molecule has 7 heteroatoms. The molecule has 2 unspecified atom stereocenters. The maximum Gasteiger partial charge on any atom is 0.244 e. The van der Waals surface area contributed by atoms with Crippen LogP contribution in [0.5, 0.6) is 0 Å². The molecule has 2 aliphatic heterocycles. The molecule has 0 radical (unpaired) electrons. The highest BCUT2D eigenvalue weighted by atomic mass is 32.2. The first kappa shape index (κ1) is 15.0. The van der Waals surface area contributed by atoms with Gasteiger partial charge in [0.1, 0.15) is 0 Å². The number of hydrogen-bond acceptors (Lipinski definition) is 4. The van der Waals surface area contributed by atoms with Crippen molar-refractivity contribution in [3.05, 3.63) is 18.0 Å². The van der Waals surface area contributed by atoms with Crippen LogP contribution in [0.25, 0.3) is 0 Å². The van der Waals surface area contributed by atoms with Crippen molar-refractivity contribution < 1.29 is 13.2 Å². The molecule has 3 heterocycles. The normalized spacial score (nSPS) is 26.6. The summed E-state index contributed by atoms with van der Waals surface area (Å²) in [5, 5.41) is 3.27. The van der Waals surface area contributed by atoms with Crippen LogP contribution in [0.2, 0.25) is 0 Å². The lowest BCUT2D eigenvalue weighted by Gasteiger charge is -2.30. The van der Waals surface area contributed by atoms with Gasteiger partial charge in [0.2, 0.25) is 10.0 Å². The molecule has 2 bridgehead atoms. The zero-order chi connectivity index (χ0) is 15.0. The van der Waals surface area contributed by atoms with E-state index in [4.69, 9.17) is 4.74 Å². The summed E-state index contributed by atoms with van der Waals surface area (Å²) in [7, 11) is -3.41. The van der Waals surface area contributed by atoms with Gasteiger partial charge in [-0.15, -0.1) is 0 Å². The topological polar surface area (TPSA) is 74.4 Å². The minimum Gasteiger partial charge on any atom is -0.372 e. The van der Waals surface area contributed by atoms with Crippen molar-refractivity contribution in [1.29, 1.82) is 0 Å². The summed E-state index contributed by atoms with van der Waals surface area (Å²) < 4.78 is 32.7. The third-order valence-corrected chi connectivity index (χ3v) is 5.87. The molecular weight excluding hydrogens is 290 g/mol. The van der Waals surface area contributed by atoms with E-state index in [1.54, 1.807) is 16.6 Å². The predicted molar refractivity (Wildman–Crippen MR) is 79.4 cm³/mol. The molecule has 21 heavy (non-hydrogen) atoms. The van der Waals surface area contributed by atoms with Crippen molar-refractivity contribution in [2.24, 2.45) is 0 Å². The van der Waals surface area contributed by atoms with Crippen molar-refractivity contribution in [2.75, 3.05) is 13.1 Å². The number of aromatic nitrogens is 1. The van der Waals surface area contributed by atoms with Crippen LogP contribution in [0.3, 0.4) is 0 Å². The Morgan fingerprint density at radius 1 is 1.38 bits per heavy atom. The molecule has 2 fully saturated rings. The van der Waals surface area contributed by atoms with E-state index in [9.17, 15) is 8.42 Å². The number of rotatable bonds is 5. The van der Waals surface area contributed by atoms with Crippen molar-refractivity contribution in [3.8, 4) is 0 Å². The standard InChI is InChI=1S/C14H23N3O3S/c1-10(2)15-6-11-5-14(7-16-11)21(18,19)17-8-12-3-4-13(9-17)20-12/h5,7,10,12-13,15-16H,3-4,6,8-9H2,1-2H3. The number of ether oxygens (including phenoxy) is 1. The monoisotopic (exact) mass is 313 g/mol. The summed E-state index contributed by atoms with van der Waals surface area (Å²) in [6, 6.07) is 2.09. The Morgan fingerprint density at radius 3 is 2.67 bits per heavy atom. The van der Waals surface area contributed by atoms with Crippen LogP contribution in [-0.2, 0) is 21.3 Å². The highest BCUT2D eigenvalue weighted by Crippen LogP contribution is 2.30. The number of morpholine rings is 1. The van der Waals surface area contributed by atoms with Crippen LogP contribution in [0.4, 0.5) is 0 Å². The van der Waals surface area contributed by atoms with E-state index in [1.807, 2.05) is 0 Å². The third kappa shape index (κ3) is 3.15.